The van der Waals surface area contributed by atoms with Gasteiger partial charge in [-0.05, 0) is 31.2 Å². The van der Waals surface area contributed by atoms with Gasteiger partial charge in [0, 0.05) is 31.2 Å². The van der Waals surface area contributed by atoms with E-state index in [4.69, 9.17) is 18.9 Å². The number of hydrogen-bond donors (Lipinski definition) is 1. The molecule has 2 amide bonds. The molecule has 3 aromatic rings. The molecule has 0 saturated carbocycles. The first kappa shape index (κ1) is 22.6. The van der Waals surface area contributed by atoms with Gasteiger partial charge in [0.2, 0.25) is 0 Å². The summed E-state index contributed by atoms with van der Waals surface area (Å²) in [6.07, 6.45) is 3.72. The number of benzene rings is 2. The Balaban J connectivity index is 1.41. The van der Waals surface area contributed by atoms with Gasteiger partial charge in [-0.15, -0.1) is 0 Å². The Morgan fingerprint density at radius 2 is 1.97 bits per heavy atom. The van der Waals surface area contributed by atoms with Crippen molar-refractivity contribution in [2.45, 2.75) is 19.4 Å². The Morgan fingerprint density at radius 1 is 1.11 bits per heavy atom. The zero-order chi connectivity index (χ0) is 24.4. The number of aromatic nitrogens is 2. The number of hydrogen-bond acceptors (Lipinski definition) is 8. The number of ether oxygens (including phenoxy) is 4. The summed E-state index contributed by atoms with van der Waals surface area (Å²) in [5.74, 6) is 1.59. The molecule has 0 unspecified atom stereocenters. The third kappa shape index (κ3) is 5.17. The van der Waals surface area contributed by atoms with E-state index in [1.165, 1.54) is 11.1 Å². The molecule has 0 bridgehead atoms. The molecule has 35 heavy (non-hydrogen) atoms. The van der Waals surface area contributed by atoms with Gasteiger partial charge in [0.15, 0.2) is 12.5 Å². The number of carbonyl (C=O) groups is 2. The van der Waals surface area contributed by atoms with Crippen LogP contribution in [0, 0.1) is 6.92 Å². The third-order valence-corrected chi connectivity index (χ3v) is 5.54. The lowest BCUT2D eigenvalue weighted by molar-refractivity contribution is 0.0595. The highest BCUT2D eigenvalue weighted by Gasteiger charge is 2.24. The monoisotopic (exact) mass is 476 g/mol. The predicted molar refractivity (Wildman–Crippen MR) is 125 cm³/mol. The van der Waals surface area contributed by atoms with Crippen LogP contribution in [0.4, 0.5) is 5.82 Å². The minimum atomic E-state index is -0.386. The maximum atomic E-state index is 13.0. The first-order chi connectivity index (χ1) is 16.9. The van der Waals surface area contributed by atoms with E-state index in [-0.39, 0.29) is 24.6 Å². The number of anilines is 1. The van der Waals surface area contributed by atoms with Crippen LogP contribution in [-0.2, 0) is 4.74 Å². The molecule has 0 aliphatic carbocycles. The van der Waals surface area contributed by atoms with E-state index in [0.717, 1.165) is 12.1 Å². The highest BCUT2D eigenvalue weighted by molar-refractivity contribution is 6.04. The molecule has 5 rings (SSSR count). The van der Waals surface area contributed by atoms with Crippen molar-refractivity contribution >= 4 is 17.6 Å². The summed E-state index contributed by atoms with van der Waals surface area (Å²) in [4.78, 5) is 35.1. The average Bonchev–Trinajstić information content (AvgIpc) is 3.36. The van der Waals surface area contributed by atoms with Gasteiger partial charge in [0.05, 0.1) is 36.9 Å². The topological polar surface area (TPSA) is 112 Å². The zero-order valence-electron chi connectivity index (χ0n) is 19.3. The molecule has 2 aromatic carbocycles. The fourth-order valence-electron chi connectivity index (χ4n) is 3.70. The van der Waals surface area contributed by atoms with Crippen LogP contribution in [0.5, 0.6) is 23.0 Å². The van der Waals surface area contributed by atoms with E-state index < -0.39 is 0 Å². The maximum Gasteiger partial charge on any atom is 0.259 e. The second-order valence-corrected chi connectivity index (χ2v) is 8.33. The van der Waals surface area contributed by atoms with E-state index in [1.54, 1.807) is 49.6 Å². The first-order valence-corrected chi connectivity index (χ1v) is 11.1. The molecule has 1 fully saturated rings. The fraction of sp³-hybridized carbons (Fsp3) is 0.280. The summed E-state index contributed by atoms with van der Waals surface area (Å²) in [5, 5.41) is 2.74. The number of amides is 2. The van der Waals surface area contributed by atoms with Gasteiger partial charge in [-0.25, -0.2) is 4.98 Å². The number of fused-ring (bicyclic) bond motifs is 1. The van der Waals surface area contributed by atoms with Gasteiger partial charge in [0.1, 0.15) is 29.1 Å². The van der Waals surface area contributed by atoms with Crippen molar-refractivity contribution in [2.24, 2.45) is 0 Å². The van der Waals surface area contributed by atoms with Gasteiger partial charge >= 0.3 is 0 Å². The van der Waals surface area contributed by atoms with Crippen LogP contribution in [0.3, 0.4) is 0 Å². The zero-order valence-corrected chi connectivity index (χ0v) is 19.3. The van der Waals surface area contributed by atoms with Crippen molar-refractivity contribution in [3.05, 3.63) is 65.6 Å². The lowest BCUT2D eigenvalue weighted by atomic mass is 10.1. The van der Waals surface area contributed by atoms with Crippen LogP contribution in [-0.4, -0.2) is 59.8 Å². The summed E-state index contributed by atoms with van der Waals surface area (Å²) in [7, 11) is 1.67. The molecule has 1 saturated heterocycles. The van der Waals surface area contributed by atoms with Crippen molar-refractivity contribution < 1.29 is 28.5 Å². The summed E-state index contributed by atoms with van der Waals surface area (Å²) >= 11 is 0. The van der Waals surface area contributed by atoms with E-state index in [1.807, 2.05) is 6.92 Å². The molecule has 10 heteroatoms. The smallest absolute Gasteiger partial charge is 0.259 e. The lowest BCUT2D eigenvalue weighted by Gasteiger charge is -2.25. The number of rotatable bonds is 6. The largest absolute Gasteiger partial charge is 0.488 e. The van der Waals surface area contributed by atoms with E-state index in [2.05, 4.69) is 15.3 Å². The first-order valence-electron chi connectivity index (χ1n) is 11.1. The van der Waals surface area contributed by atoms with Crippen LogP contribution < -0.4 is 19.5 Å². The molecule has 10 nitrogen and oxygen atoms in total. The molecule has 3 heterocycles. The molecule has 1 aromatic heterocycles. The maximum absolute atomic E-state index is 13.0. The van der Waals surface area contributed by atoms with Crippen molar-refractivity contribution in [1.29, 1.82) is 0 Å². The molecule has 180 valence electrons. The molecule has 2 aliphatic rings. The average molecular weight is 476 g/mol. The number of carbonyl (C=O) groups excluding carboxylic acids is 2. The Bertz CT molecular complexity index is 1260. The molecule has 1 atom stereocenters. The van der Waals surface area contributed by atoms with Crippen LogP contribution in [0.15, 0.2) is 48.8 Å². The lowest BCUT2D eigenvalue weighted by Crippen LogP contribution is -2.35. The standard InChI is InChI=1S/C25H24N4O6/c1-15-11-27-23(12-26-15)28-24(30)16-7-19(9-20(8-16)35-18-5-6-32-13-18)34-17-3-4-21-22(10-17)33-14-29(2)25(21)31/h3-4,7-12,18H,5-6,13-14H2,1-2H3,(H,27,28,30)/t18-/m0/s1. The quantitative estimate of drug-likeness (QED) is 0.576. The second-order valence-electron chi connectivity index (χ2n) is 8.33. The van der Waals surface area contributed by atoms with E-state index in [0.29, 0.717) is 53.2 Å². The summed E-state index contributed by atoms with van der Waals surface area (Å²) in [5.41, 5.74) is 1.53. The fourth-order valence-corrected chi connectivity index (χ4v) is 3.70. The van der Waals surface area contributed by atoms with Gasteiger partial charge < -0.3 is 29.2 Å². The number of nitrogens with zero attached hydrogens (tertiary/aromatic N) is 3. The SMILES string of the molecule is Cc1cnc(NC(=O)c2cc(Oc3ccc4c(c3)OCN(C)C4=O)cc(O[C@H]3CCOC3)c2)cn1. The molecule has 0 radical (unpaired) electrons. The van der Waals surface area contributed by atoms with Crippen LogP contribution in [0.25, 0.3) is 0 Å². The Morgan fingerprint density at radius 3 is 2.74 bits per heavy atom. The summed E-state index contributed by atoms with van der Waals surface area (Å²) < 4.78 is 23.1. The minimum Gasteiger partial charge on any atom is -0.488 e. The Kier molecular flexibility index (Phi) is 6.19. The molecule has 2 aliphatic heterocycles. The van der Waals surface area contributed by atoms with E-state index >= 15 is 0 Å². The van der Waals surface area contributed by atoms with Gasteiger partial charge in [-0.1, -0.05) is 0 Å². The Hall–Kier alpha value is -4.18. The van der Waals surface area contributed by atoms with Gasteiger partial charge in [-0.2, -0.15) is 0 Å². The minimum absolute atomic E-state index is 0.107. The van der Waals surface area contributed by atoms with Crippen molar-refractivity contribution in [1.82, 2.24) is 14.9 Å². The predicted octanol–water partition coefficient (Wildman–Crippen LogP) is 3.42. The molecular formula is C25H24N4O6. The summed E-state index contributed by atoms with van der Waals surface area (Å²) in [6, 6.07) is 9.95. The highest BCUT2D eigenvalue weighted by atomic mass is 16.5. The van der Waals surface area contributed by atoms with E-state index in [9.17, 15) is 9.59 Å². The normalized spacial score (nSPS) is 16.9. The van der Waals surface area contributed by atoms with Crippen molar-refractivity contribution in [2.75, 3.05) is 32.3 Å². The highest BCUT2D eigenvalue weighted by Crippen LogP contribution is 2.33. The molecule has 0 spiro atoms. The van der Waals surface area contributed by atoms with Crippen molar-refractivity contribution in [3.63, 3.8) is 0 Å². The number of nitrogens with one attached hydrogen (secondary N) is 1. The molecule has 1 N–H and O–H groups in total. The van der Waals surface area contributed by atoms with Crippen molar-refractivity contribution in [3.8, 4) is 23.0 Å². The second kappa shape index (κ2) is 9.59. The third-order valence-electron chi connectivity index (χ3n) is 5.54. The summed E-state index contributed by atoms with van der Waals surface area (Å²) in [6.45, 7) is 3.09. The molecular weight excluding hydrogens is 452 g/mol. The van der Waals surface area contributed by atoms with Crippen LogP contribution >= 0.6 is 0 Å². The Labute approximate surface area is 201 Å². The van der Waals surface area contributed by atoms with Crippen LogP contribution in [0.1, 0.15) is 32.8 Å². The van der Waals surface area contributed by atoms with Gasteiger partial charge in [0.25, 0.3) is 11.8 Å². The van der Waals surface area contributed by atoms with Gasteiger partial charge in [-0.3, -0.25) is 14.6 Å². The number of aryl methyl sites for hydroxylation is 1. The van der Waals surface area contributed by atoms with Crippen LogP contribution in [0.2, 0.25) is 0 Å².